The normalized spacial score (nSPS) is 17.3. The standard InChI is InChI=1S/C23H22FN7O3/c1-25-20-11-19(27-16-6-4-10-30(23(16)34)17-7-3-2-5-14(17)24)29-21-13(12-26-31(20)21)22(33)28-15-8-9-18(15)32/h2-7,10-12,15,18,25,32H,8-9H2,1H3,(H,27,29)(H,28,33)/t15?,18-/m0/s1. The van der Waals surface area contributed by atoms with E-state index >= 15 is 0 Å². The van der Waals surface area contributed by atoms with Gasteiger partial charge < -0.3 is 21.1 Å². The van der Waals surface area contributed by atoms with E-state index in [2.05, 4.69) is 26.0 Å². The summed E-state index contributed by atoms with van der Waals surface area (Å²) in [6.07, 6.45) is 3.68. The number of benzene rings is 1. The van der Waals surface area contributed by atoms with Gasteiger partial charge in [-0.3, -0.25) is 14.2 Å². The Morgan fingerprint density at radius 3 is 2.74 bits per heavy atom. The third-order valence-electron chi connectivity index (χ3n) is 5.85. The van der Waals surface area contributed by atoms with Crippen molar-refractivity contribution in [3.8, 4) is 5.69 Å². The second kappa shape index (κ2) is 8.60. The van der Waals surface area contributed by atoms with E-state index in [4.69, 9.17) is 0 Å². The van der Waals surface area contributed by atoms with Crippen LogP contribution in [0.15, 0.2) is 59.7 Å². The zero-order valence-electron chi connectivity index (χ0n) is 18.2. The summed E-state index contributed by atoms with van der Waals surface area (Å²) in [6.45, 7) is 0. The number of para-hydroxylation sites is 1. The molecule has 3 aromatic heterocycles. The Hall–Kier alpha value is -4.25. The maximum Gasteiger partial charge on any atom is 0.278 e. The van der Waals surface area contributed by atoms with Crippen LogP contribution in [0.1, 0.15) is 23.2 Å². The van der Waals surface area contributed by atoms with Gasteiger partial charge in [0.2, 0.25) is 0 Å². The van der Waals surface area contributed by atoms with Crippen molar-refractivity contribution < 1.29 is 14.3 Å². The van der Waals surface area contributed by atoms with Gasteiger partial charge in [-0.15, -0.1) is 0 Å². The fraction of sp³-hybridized carbons (Fsp3) is 0.217. The molecule has 174 valence electrons. The highest BCUT2D eigenvalue weighted by Crippen LogP contribution is 2.23. The summed E-state index contributed by atoms with van der Waals surface area (Å²) in [5, 5.41) is 22.8. The van der Waals surface area contributed by atoms with Crippen molar-refractivity contribution in [2.24, 2.45) is 0 Å². The molecular formula is C23H22FN7O3. The van der Waals surface area contributed by atoms with Crippen LogP contribution in [0.2, 0.25) is 0 Å². The number of pyridine rings is 1. The molecule has 1 aromatic carbocycles. The fourth-order valence-electron chi connectivity index (χ4n) is 3.83. The molecule has 0 radical (unpaired) electrons. The summed E-state index contributed by atoms with van der Waals surface area (Å²) in [7, 11) is 1.69. The molecule has 1 unspecified atom stereocenters. The second-order valence-electron chi connectivity index (χ2n) is 7.97. The number of aliphatic hydroxyl groups excluding tert-OH is 1. The highest BCUT2D eigenvalue weighted by Gasteiger charge is 2.31. The number of fused-ring (bicyclic) bond motifs is 1. The average molecular weight is 463 g/mol. The van der Waals surface area contributed by atoms with Gasteiger partial charge >= 0.3 is 0 Å². The smallest absolute Gasteiger partial charge is 0.278 e. The predicted molar refractivity (Wildman–Crippen MR) is 124 cm³/mol. The number of hydrogen-bond donors (Lipinski definition) is 4. The molecule has 1 saturated carbocycles. The summed E-state index contributed by atoms with van der Waals surface area (Å²) >= 11 is 0. The van der Waals surface area contributed by atoms with Crippen molar-refractivity contribution in [2.45, 2.75) is 25.0 Å². The van der Waals surface area contributed by atoms with Crippen LogP contribution < -0.4 is 21.5 Å². The molecular weight excluding hydrogens is 441 g/mol. The van der Waals surface area contributed by atoms with Gasteiger partial charge in [0.1, 0.15) is 28.7 Å². The molecule has 0 saturated heterocycles. The van der Waals surface area contributed by atoms with Crippen molar-refractivity contribution in [3.05, 3.63) is 76.6 Å². The molecule has 11 heteroatoms. The van der Waals surface area contributed by atoms with Gasteiger partial charge in [0.15, 0.2) is 5.65 Å². The molecule has 1 amide bonds. The lowest BCUT2D eigenvalue weighted by atomic mass is 9.89. The first kappa shape index (κ1) is 21.6. The Kier molecular flexibility index (Phi) is 5.46. The zero-order valence-corrected chi connectivity index (χ0v) is 18.2. The number of amides is 1. The number of halogens is 1. The highest BCUT2D eigenvalue weighted by molar-refractivity contribution is 6.00. The number of hydrogen-bond acceptors (Lipinski definition) is 7. The average Bonchev–Trinajstić information content (AvgIpc) is 3.27. The third-order valence-corrected chi connectivity index (χ3v) is 5.85. The number of nitrogens with one attached hydrogen (secondary N) is 3. The SMILES string of the molecule is CNc1cc(Nc2cccn(-c3ccccc3F)c2=O)nc2c(C(=O)NC3CC[C@@H]3O)cnn12. The molecule has 0 bridgehead atoms. The third kappa shape index (κ3) is 3.75. The monoisotopic (exact) mass is 463 g/mol. The maximum absolute atomic E-state index is 14.3. The van der Waals surface area contributed by atoms with Crippen molar-refractivity contribution >= 4 is 28.9 Å². The number of aromatic nitrogens is 4. The number of aliphatic hydroxyl groups is 1. The maximum atomic E-state index is 14.3. The molecule has 1 aliphatic rings. The molecule has 4 N–H and O–H groups in total. The van der Waals surface area contributed by atoms with E-state index in [1.165, 1.54) is 33.6 Å². The number of carbonyl (C=O) groups is 1. The van der Waals surface area contributed by atoms with Crippen LogP contribution in [0.25, 0.3) is 11.3 Å². The molecule has 2 atom stereocenters. The van der Waals surface area contributed by atoms with Crippen LogP contribution in [0.5, 0.6) is 0 Å². The summed E-state index contributed by atoms with van der Waals surface area (Å²) in [5.74, 6) is -0.101. The van der Waals surface area contributed by atoms with Crippen molar-refractivity contribution in [1.29, 1.82) is 0 Å². The number of rotatable bonds is 6. The Labute approximate surface area is 193 Å². The van der Waals surface area contributed by atoms with E-state index in [0.29, 0.717) is 24.5 Å². The minimum Gasteiger partial charge on any atom is -0.391 e. The minimum atomic E-state index is -0.557. The molecule has 34 heavy (non-hydrogen) atoms. The Morgan fingerprint density at radius 1 is 1.21 bits per heavy atom. The molecule has 1 aliphatic carbocycles. The summed E-state index contributed by atoms with van der Waals surface area (Å²) in [4.78, 5) is 30.3. The minimum absolute atomic E-state index is 0.128. The molecule has 0 spiro atoms. The molecule has 3 heterocycles. The second-order valence-corrected chi connectivity index (χ2v) is 7.97. The van der Waals surface area contributed by atoms with Gasteiger partial charge in [-0.25, -0.2) is 9.37 Å². The van der Waals surface area contributed by atoms with Gasteiger partial charge in [0.25, 0.3) is 11.5 Å². The molecule has 5 rings (SSSR count). The first-order valence-corrected chi connectivity index (χ1v) is 10.8. The number of nitrogens with zero attached hydrogens (tertiary/aromatic N) is 4. The van der Waals surface area contributed by atoms with Gasteiger partial charge in [-0.05, 0) is 37.1 Å². The topological polar surface area (TPSA) is 126 Å². The Bertz CT molecular complexity index is 1450. The Balaban J connectivity index is 1.51. The summed E-state index contributed by atoms with van der Waals surface area (Å²) in [6, 6.07) is 10.5. The van der Waals surface area contributed by atoms with E-state index in [-0.39, 0.29) is 28.6 Å². The number of anilines is 3. The molecule has 0 aliphatic heterocycles. The lowest BCUT2D eigenvalue weighted by molar-refractivity contribution is 0.0448. The quantitative estimate of drug-likeness (QED) is 0.345. The molecule has 4 aromatic rings. The van der Waals surface area contributed by atoms with Crippen LogP contribution in [0.4, 0.5) is 21.7 Å². The van der Waals surface area contributed by atoms with Crippen LogP contribution in [0.3, 0.4) is 0 Å². The zero-order chi connectivity index (χ0) is 23.8. The van der Waals surface area contributed by atoms with Gasteiger partial charge in [0, 0.05) is 19.3 Å². The van der Waals surface area contributed by atoms with Crippen molar-refractivity contribution in [1.82, 2.24) is 24.5 Å². The van der Waals surface area contributed by atoms with Crippen LogP contribution in [0, 0.1) is 5.82 Å². The van der Waals surface area contributed by atoms with Gasteiger partial charge in [0.05, 0.1) is 24.0 Å². The molecule has 10 nitrogen and oxygen atoms in total. The van der Waals surface area contributed by atoms with Crippen LogP contribution in [-0.4, -0.2) is 49.4 Å². The van der Waals surface area contributed by atoms with E-state index < -0.39 is 23.4 Å². The summed E-state index contributed by atoms with van der Waals surface area (Å²) in [5.41, 5.74) is 0.337. The van der Waals surface area contributed by atoms with E-state index in [9.17, 15) is 19.1 Å². The van der Waals surface area contributed by atoms with E-state index in [1.54, 1.807) is 37.4 Å². The van der Waals surface area contributed by atoms with Gasteiger partial charge in [-0.1, -0.05) is 12.1 Å². The molecule has 1 fully saturated rings. The Morgan fingerprint density at radius 2 is 2.03 bits per heavy atom. The van der Waals surface area contributed by atoms with Crippen LogP contribution in [-0.2, 0) is 0 Å². The van der Waals surface area contributed by atoms with E-state index in [0.717, 1.165) is 0 Å². The highest BCUT2D eigenvalue weighted by atomic mass is 19.1. The lowest BCUT2D eigenvalue weighted by Crippen LogP contribution is -2.50. The summed E-state index contributed by atoms with van der Waals surface area (Å²) < 4.78 is 16.9. The first-order valence-electron chi connectivity index (χ1n) is 10.8. The number of carbonyl (C=O) groups excluding carboxylic acids is 1. The fourth-order valence-corrected chi connectivity index (χ4v) is 3.83. The van der Waals surface area contributed by atoms with Crippen LogP contribution >= 0.6 is 0 Å². The van der Waals surface area contributed by atoms with E-state index in [1.807, 2.05) is 0 Å². The van der Waals surface area contributed by atoms with Gasteiger partial charge in [-0.2, -0.15) is 9.61 Å². The predicted octanol–water partition coefficient (Wildman–Crippen LogP) is 2.06. The first-order chi connectivity index (χ1) is 16.5. The lowest BCUT2D eigenvalue weighted by Gasteiger charge is -2.32. The van der Waals surface area contributed by atoms with Crippen molar-refractivity contribution in [2.75, 3.05) is 17.7 Å². The van der Waals surface area contributed by atoms with Crippen molar-refractivity contribution in [3.63, 3.8) is 0 Å². The largest absolute Gasteiger partial charge is 0.391 e.